The number of aromatic nitrogens is 2. The van der Waals surface area contributed by atoms with Crippen LogP contribution >= 0.6 is 0 Å². The van der Waals surface area contributed by atoms with Gasteiger partial charge >= 0.3 is 11.9 Å². The second-order valence-electron chi connectivity index (χ2n) is 9.72. The lowest BCUT2D eigenvalue weighted by Gasteiger charge is -2.15. The van der Waals surface area contributed by atoms with Crippen molar-refractivity contribution in [2.24, 2.45) is 0 Å². The van der Waals surface area contributed by atoms with Crippen molar-refractivity contribution in [1.29, 1.82) is 0 Å². The minimum atomic E-state index is -1.47. The normalized spacial score (nSPS) is 10.6. The third kappa shape index (κ3) is 8.92. The van der Waals surface area contributed by atoms with Crippen LogP contribution in [-0.4, -0.2) is 69.7 Å². The van der Waals surface area contributed by atoms with Crippen molar-refractivity contribution in [3.05, 3.63) is 139 Å². The van der Waals surface area contributed by atoms with E-state index in [1.165, 1.54) is 0 Å². The van der Waals surface area contributed by atoms with E-state index in [2.05, 4.69) is 10.6 Å². The highest BCUT2D eigenvalue weighted by Gasteiger charge is 2.21. The molecule has 2 aromatic heterocycles. The fraction of sp³-hybridized carbons (Fsp3) is 0.188. The second kappa shape index (κ2) is 16.2. The van der Waals surface area contributed by atoms with Crippen LogP contribution in [0.4, 0.5) is 0 Å². The van der Waals surface area contributed by atoms with Crippen LogP contribution in [0, 0.1) is 0 Å². The molecular weight excluding hydrogens is 616 g/mol. The highest BCUT2D eigenvalue weighted by atomic mass is 16.7. The summed E-state index contributed by atoms with van der Waals surface area (Å²) >= 11 is 0. The zero-order valence-electron chi connectivity index (χ0n) is 24.8. The lowest BCUT2D eigenvalue weighted by Crippen LogP contribution is -2.39. The number of rotatable bonds is 16. The third-order valence-corrected chi connectivity index (χ3v) is 6.48. The van der Waals surface area contributed by atoms with Gasteiger partial charge in [0.25, 0.3) is 22.9 Å². The molecule has 15 nitrogen and oxygen atoms in total. The van der Waals surface area contributed by atoms with Gasteiger partial charge in [0.15, 0.2) is 0 Å². The minimum Gasteiger partial charge on any atom is -0.477 e. The van der Waals surface area contributed by atoms with Crippen LogP contribution in [0.25, 0.3) is 0 Å². The highest BCUT2D eigenvalue weighted by Crippen LogP contribution is 2.05. The first-order valence-electron chi connectivity index (χ1n) is 14.1. The molecule has 0 unspecified atom stereocenters. The van der Waals surface area contributed by atoms with Crippen LogP contribution in [0.1, 0.15) is 52.8 Å². The summed E-state index contributed by atoms with van der Waals surface area (Å²) in [5, 5.41) is 23.7. The predicted molar refractivity (Wildman–Crippen MR) is 164 cm³/mol. The molecule has 0 saturated carbocycles. The molecule has 47 heavy (non-hydrogen) atoms. The Morgan fingerprint density at radius 2 is 0.957 bits per heavy atom. The van der Waals surface area contributed by atoms with Gasteiger partial charge in [-0.25, -0.2) is 9.59 Å². The largest absolute Gasteiger partial charge is 0.477 e. The number of carbonyl (C=O) groups excluding carboxylic acids is 2. The quantitative estimate of drug-likeness (QED) is 0.126. The summed E-state index contributed by atoms with van der Waals surface area (Å²) in [4.78, 5) is 85.0. The summed E-state index contributed by atoms with van der Waals surface area (Å²) in [6.45, 7) is -0.214. The fourth-order valence-corrected chi connectivity index (χ4v) is 4.14. The number of amides is 2. The number of nitrogens with zero attached hydrogens (tertiary/aromatic N) is 2. The third-order valence-electron chi connectivity index (χ3n) is 6.48. The summed E-state index contributed by atoms with van der Waals surface area (Å²) in [6, 6.07) is 21.9. The Hall–Kier alpha value is -6.22. The van der Waals surface area contributed by atoms with E-state index >= 15 is 0 Å². The number of pyridine rings is 2. The van der Waals surface area contributed by atoms with Crippen molar-refractivity contribution in [2.75, 3.05) is 26.3 Å². The molecule has 2 aromatic carbocycles. The SMILES string of the molecule is O=C(O)c1ccc(C(=O)NCCOCCNC(=O)c2ccc(C(=O)O)c(=O)n2OCc2ccccc2)n(OCc2ccccc2)c1=O. The van der Waals surface area contributed by atoms with Gasteiger partial charge < -0.3 is 35.3 Å². The first-order valence-corrected chi connectivity index (χ1v) is 14.1. The van der Waals surface area contributed by atoms with Gasteiger partial charge in [-0.2, -0.15) is 0 Å². The Morgan fingerprint density at radius 3 is 1.32 bits per heavy atom. The number of carboxylic acid groups (broad SMARTS) is 2. The number of nitrogens with one attached hydrogen (secondary N) is 2. The fourth-order valence-electron chi connectivity index (χ4n) is 4.14. The van der Waals surface area contributed by atoms with Gasteiger partial charge in [-0.1, -0.05) is 60.7 Å². The molecule has 2 heterocycles. The maximum absolute atomic E-state index is 12.8. The van der Waals surface area contributed by atoms with Crippen LogP contribution in [0.15, 0.2) is 94.5 Å². The molecule has 0 aliphatic carbocycles. The van der Waals surface area contributed by atoms with Crippen molar-refractivity contribution in [3.8, 4) is 0 Å². The van der Waals surface area contributed by atoms with E-state index in [0.29, 0.717) is 20.6 Å². The van der Waals surface area contributed by atoms with Crippen molar-refractivity contribution in [2.45, 2.75) is 13.2 Å². The van der Waals surface area contributed by atoms with Crippen molar-refractivity contribution >= 4 is 23.8 Å². The van der Waals surface area contributed by atoms with Gasteiger partial charge in [-0.3, -0.25) is 19.2 Å². The molecule has 0 aliphatic heterocycles. The first-order chi connectivity index (χ1) is 22.7. The number of hydrogen-bond acceptors (Lipinski definition) is 9. The summed E-state index contributed by atoms with van der Waals surface area (Å²) in [5.41, 5.74) is -2.24. The minimum absolute atomic E-state index is 0.00211. The van der Waals surface area contributed by atoms with Crippen molar-refractivity contribution < 1.29 is 43.8 Å². The average molecular weight is 647 g/mol. The van der Waals surface area contributed by atoms with E-state index in [-0.39, 0.29) is 50.9 Å². The Morgan fingerprint density at radius 1 is 0.574 bits per heavy atom. The van der Waals surface area contributed by atoms with E-state index in [9.17, 15) is 39.0 Å². The Kier molecular flexibility index (Phi) is 11.6. The topological polar surface area (TPSA) is 204 Å². The van der Waals surface area contributed by atoms with E-state index < -0.39 is 46.0 Å². The molecule has 2 amide bonds. The molecule has 15 heteroatoms. The number of carboxylic acids is 2. The number of hydrogen-bond donors (Lipinski definition) is 4. The lowest BCUT2D eigenvalue weighted by atomic mass is 10.2. The van der Waals surface area contributed by atoms with Crippen LogP contribution < -0.4 is 31.4 Å². The van der Waals surface area contributed by atoms with Crippen LogP contribution in [0.3, 0.4) is 0 Å². The van der Waals surface area contributed by atoms with Crippen LogP contribution in [-0.2, 0) is 18.0 Å². The zero-order valence-corrected chi connectivity index (χ0v) is 24.8. The number of ether oxygens (including phenoxy) is 1. The monoisotopic (exact) mass is 646 g/mol. The first kappa shape index (κ1) is 33.7. The smallest absolute Gasteiger partial charge is 0.341 e. The van der Waals surface area contributed by atoms with Gasteiger partial charge in [0, 0.05) is 13.1 Å². The maximum Gasteiger partial charge on any atom is 0.341 e. The number of benzene rings is 2. The van der Waals surface area contributed by atoms with E-state index in [1.807, 2.05) is 0 Å². The molecular formula is C32H30N4O11. The Balaban J connectivity index is 1.29. The van der Waals surface area contributed by atoms with Crippen LogP contribution in [0.2, 0.25) is 0 Å². The molecule has 4 N–H and O–H groups in total. The molecule has 244 valence electrons. The van der Waals surface area contributed by atoms with Crippen LogP contribution in [0.5, 0.6) is 0 Å². The number of aromatic carboxylic acids is 2. The summed E-state index contributed by atoms with van der Waals surface area (Å²) in [5.74, 6) is -4.39. The molecule has 0 atom stereocenters. The lowest BCUT2D eigenvalue weighted by molar-refractivity contribution is 0.0623. The summed E-state index contributed by atoms with van der Waals surface area (Å²) in [7, 11) is 0. The maximum atomic E-state index is 12.8. The van der Waals surface area contributed by atoms with Gasteiger partial charge in [-0.15, -0.1) is 9.46 Å². The summed E-state index contributed by atoms with van der Waals surface area (Å²) < 4.78 is 6.71. The van der Waals surface area contributed by atoms with Gasteiger partial charge in [0.2, 0.25) is 0 Å². The van der Waals surface area contributed by atoms with E-state index in [0.717, 1.165) is 24.3 Å². The van der Waals surface area contributed by atoms with Crippen molar-refractivity contribution in [3.63, 3.8) is 0 Å². The van der Waals surface area contributed by atoms with Gasteiger partial charge in [-0.05, 0) is 35.4 Å². The zero-order chi connectivity index (χ0) is 33.8. The van der Waals surface area contributed by atoms with Crippen molar-refractivity contribution in [1.82, 2.24) is 20.1 Å². The predicted octanol–water partition coefficient (Wildman–Crippen LogP) is 0.840. The molecule has 4 rings (SSSR count). The second-order valence-corrected chi connectivity index (χ2v) is 9.72. The van der Waals surface area contributed by atoms with E-state index in [1.54, 1.807) is 60.7 Å². The number of carbonyl (C=O) groups is 4. The molecule has 0 saturated heterocycles. The molecule has 0 radical (unpaired) electrons. The Bertz CT molecular complexity index is 1720. The van der Waals surface area contributed by atoms with E-state index in [4.69, 9.17) is 14.4 Å². The molecule has 0 spiro atoms. The molecule has 4 aromatic rings. The van der Waals surface area contributed by atoms with Gasteiger partial charge in [0.05, 0.1) is 13.2 Å². The highest BCUT2D eigenvalue weighted by molar-refractivity contribution is 5.94. The Labute approximate surface area is 266 Å². The molecule has 0 fully saturated rings. The average Bonchev–Trinajstić information content (AvgIpc) is 3.06. The molecule has 0 bridgehead atoms. The van der Waals surface area contributed by atoms with Gasteiger partial charge in [0.1, 0.15) is 35.7 Å². The molecule has 0 aliphatic rings. The summed E-state index contributed by atoms with van der Waals surface area (Å²) in [6.07, 6.45) is 0. The standard InChI is InChI=1S/C32H30N4O11/c37-27(25-13-11-23(31(41)42)29(39)35(25)46-19-21-7-3-1-4-8-21)33-15-17-45-18-16-34-28(38)26-14-12-24(32(43)44)30(40)36(26)47-20-22-9-5-2-6-10-22/h1-14H,15-20H2,(H,33,37)(H,34,38)(H,41,42)(H,43,44).